The first kappa shape index (κ1) is 15.0. The van der Waals surface area contributed by atoms with Crippen molar-refractivity contribution in [1.82, 2.24) is 5.43 Å². The second-order valence-electron chi connectivity index (χ2n) is 4.39. The Labute approximate surface area is 129 Å². The lowest BCUT2D eigenvalue weighted by atomic mass is 10.2. The number of hydrogen-bond donors (Lipinski definition) is 2. The number of hydrogen-bond acceptors (Lipinski definition) is 3. The molecule has 0 saturated carbocycles. The monoisotopic (exact) mass is 299 g/mol. The average molecular weight is 299 g/mol. The van der Waals surface area contributed by atoms with Gasteiger partial charge in [-0.3, -0.25) is 5.43 Å². The molecule has 0 atom stereocenters. The molecule has 2 aromatic rings. The highest BCUT2D eigenvalue weighted by Crippen LogP contribution is 2.12. The van der Waals surface area contributed by atoms with Crippen molar-refractivity contribution in [1.29, 1.82) is 0 Å². The van der Waals surface area contributed by atoms with Crippen LogP contribution in [0.25, 0.3) is 0 Å². The minimum absolute atomic E-state index is 0.140. The third kappa shape index (κ3) is 5.62. The fourth-order valence-electron chi connectivity index (χ4n) is 1.79. The first-order valence-electron chi connectivity index (χ1n) is 6.59. The number of thiocarbonyl (C=S) groups is 1. The Bertz CT molecular complexity index is 614. The largest absolute Gasteiger partial charge is 0.493 e. The van der Waals surface area contributed by atoms with Crippen LogP contribution in [0.3, 0.4) is 0 Å². The Morgan fingerprint density at radius 2 is 2.00 bits per heavy atom. The molecule has 0 radical (unpaired) electrons. The van der Waals surface area contributed by atoms with Crippen molar-refractivity contribution in [3.05, 3.63) is 65.7 Å². The van der Waals surface area contributed by atoms with Gasteiger partial charge in [0.2, 0.25) is 0 Å². The van der Waals surface area contributed by atoms with Crippen LogP contribution in [0.1, 0.15) is 11.1 Å². The molecule has 0 bridgehead atoms. The van der Waals surface area contributed by atoms with Crippen LogP contribution in [-0.2, 0) is 6.42 Å². The summed E-state index contributed by atoms with van der Waals surface area (Å²) >= 11 is 4.67. The zero-order chi connectivity index (χ0) is 14.9. The molecule has 0 unspecified atom stereocenters. The minimum atomic E-state index is 0.140. The van der Waals surface area contributed by atoms with Crippen molar-refractivity contribution >= 4 is 23.5 Å². The van der Waals surface area contributed by atoms with Gasteiger partial charge in [-0.1, -0.05) is 42.5 Å². The van der Waals surface area contributed by atoms with E-state index in [1.54, 1.807) is 6.21 Å². The van der Waals surface area contributed by atoms with Crippen LogP contribution in [0.15, 0.2) is 59.7 Å². The summed E-state index contributed by atoms with van der Waals surface area (Å²) in [6.45, 7) is 0.635. The van der Waals surface area contributed by atoms with Gasteiger partial charge < -0.3 is 10.5 Å². The number of hydrazone groups is 1. The Kier molecular flexibility index (Phi) is 5.72. The van der Waals surface area contributed by atoms with Gasteiger partial charge in [0.25, 0.3) is 0 Å². The SMILES string of the molecule is NC(=S)N/N=C\c1cccc(OCCc2ccccc2)c1. The number of nitrogens with one attached hydrogen (secondary N) is 1. The van der Waals surface area contributed by atoms with E-state index in [1.807, 2.05) is 42.5 Å². The second-order valence-corrected chi connectivity index (χ2v) is 4.83. The molecule has 0 aliphatic rings. The molecule has 0 fully saturated rings. The average Bonchev–Trinajstić information content (AvgIpc) is 2.48. The van der Waals surface area contributed by atoms with Gasteiger partial charge >= 0.3 is 0 Å². The Morgan fingerprint density at radius 1 is 1.19 bits per heavy atom. The molecule has 4 nitrogen and oxygen atoms in total. The summed E-state index contributed by atoms with van der Waals surface area (Å²) in [7, 11) is 0. The van der Waals surface area contributed by atoms with Gasteiger partial charge in [-0.25, -0.2) is 0 Å². The number of rotatable bonds is 6. The smallest absolute Gasteiger partial charge is 0.184 e. The molecule has 2 aromatic carbocycles. The summed E-state index contributed by atoms with van der Waals surface area (Å²) < 4.78 is 5.75. The summed E-state index contributed by atoms with van der Waals surface area (Å²) in [6, 6.07) is 17.9. The highest BCUT2D eigenvalue weighted by Gasteiger charge is 1.97. The normalized spacial score (nSPS) is 10.5. The molecule has 5 heteroatoms. The van der Waals surface area contributed by atoms with Crippen LogP contribution >= 0.6 is 12.2 Å². The van der Waals surface area contributed by atoms with Gasteiger partial charge in [0.1, 0.15) is 5.75 Å². The highest BCUT2D eigenvalue weighted by molar-refractivity contribution is 7.80. The molecular weight excluding hydrogens is 282 g/mol. The molecular formula is C16H17N3OS. The highest BCUT2D eigenvalue weighted by atomic mass is 32.1. The zero-order valence-electron chi connectivity index (χ0n) is 11.5. The van der Waals surface area contributed by atoms with E-state index in [9.17, 15) is 0 Å². The third-order valence-electron chi connectivity index (χ3n) is 2.75. The van der Waals surface area contributed by atoms with Gasteiger partial charge in [-0.2, -0.15) is 5.10 Å². The summed E-state index contributed by atoms with van der Waals surface area (Å²) in [4.78, 5) is 0. The quantitative estimate of drug-likeness (QED) is 0.489. The van der Waals surface area contributed by atoms with Crippen LogP contribution in [0.5, 0.6) is 5.75 Å². The van der Waals surface area contributed by atoms with E-state index in [-0.39, 0.29) is 5.11 Å². The fourth-order valence-corrected chi connectivity index (χ4v) is 1.84. The van der Waals surface area contributed by atoms with Crippen molar-refractivity contribution in [2.75, 3.05) is 6.61 Å². The molecule has 0 spiro atoms. The van der Waals surface area contributed by atoms with E-state index in [0.29, 0.717) is 6.61 Å². The maximum absolute atomic E-state index is 5.75. The van der Waals surface area contributed by atoms with E-state index >= 15 is 0 Å². The third-order valence-corrected chi connectivity index (χ3v) is 2.84. The van der Waals surface area contributed by atoms with Crippen molar-refractivity contribution in [2.45, 2.75) is 6.42 Å². The Hall–Kier alpha value is -2.40. The maximum Gasteiger partial charge on any atom is 0.184 e. The number of nitrogens with two attached hydrogens (primary N) is 1. The van der Waals surface area contributed by atoms with Gasteiger partial charge in [0.15, 0.2) is 5.11 Å². The maximum atomic E-state index is 5.75. The molecule has 0 aliphatic carbocycles. The first-order valence-corrected chi connectivity index (χ1v) is 7.00. The molecule has 0 aromatic heterocycles. The lowest BCUT2D eigenvalue weighted by molar-refractivity contribution is 0.322. The zero-order valence-corrected chi connectivity index (χ0v) is 12.3. The predicted octanol–water partition coefficient (Wildman–Crippen LogP) is 2.48. The molecule has 3 N–H and O–H groups in total. The fraction of sp³-hybridized carbons (Fsp3) is 0.125. The van der Waals surface area contributed by atoms with E-state index in [2.05, 4.69) is 34.9 Å². The number of benzene rings is 2. The van der Waals surface area contributed by atoms with Gasteiger partial charge in [0, 0.05) is 6.42 Å². The lowest BCUT2D eigenvalue weighted by Gasteiger charge is -2.06. The standard InChI is InChI=1S/C16H17N3OS/c17-16(21)19-18-12-14-7-4-8-15(11-14)20-10-9-13-5-2-1-3-6-13/h1-8,11-12H,9-10H2,(H3,17,19,21)/b18-12-. The number of ether oxygens (including phenoxy) is 1. The molecule has 0 aliphatic heterocycles. The summed E-state index contributed by atoms with van der Waals surface area (Å²) in [6.07, 6.45) is 2.52. The van der Waals surface area contributed by atoms with E-state index < -0.39 is 0 Å². The summed E-state index contributed by atoms with van der Waals surface area (Å²) in [5, 5.41) is 4.05. The number of nitrogens with zero attached hydrogens (tertiary/aromatic N) is 1. The van der Waals surface area contributed by atoms with Crippen LogP contribution < -0.4 is 15.9 Å². The molecule has 108 valence electrons. The van der Waals surface area contributed by atoms with Crippen LogP contribution in [-0.4, -0.2) is 17.9 Å². The lowest BCUT2D eigenvalue weighted by Crippen LogP contribution is -2.23. The minimum Gasteiger partial charge on any atom is -0.493 e. The van der Waals surface area contributed by atoms with Crippen LogP contribution in [0.2, 0.25) is 0 Å². The Balaban J connectivity index is 1.86. The van der Waals surface area contributed by atoms with E-state index in [4.69, 9.17) is 10.5 Å². The van der Waals surface area contributed by atoms with Gasteiger partial charge in [-0.15, -0.1) is 0 Å². The summed E-state index contributed by atoms with van der Waals surface area (Å²) in [5.74, 6) is 0.810. The van der Waals surface area contributed by atoms with Crippen LogP contribution in [0.4, 0.5) is 0 Å². The van der Waals surface area contributed by atoms with Crippen LogP contribution in [0, 0.1) is 0 Å². The summed E-state index contributed by atoms with van der Waals surface area (Å²) in [5.41, 5.74) is 9.98. The van der Waals surface area contributed by atoms with Gasteiger partial charge in [-0.05, 0) is 35.5 Å². The topological polar surface area (TPSA) is 59.6 Å². The molecule has 0 saturated heterocycles. The van der Waals surface area contributed by atoms with Crippen molar-refractivity contribution in [2.24, 2.45) is 10.8 Å². The molecule has 0 amide bonds. The van der Waals surface area contributed by atoms with E-state index in [0.717, 1.165) is 17.7 Å². The molecule has 0 heterocycles. The van der Waals surface area contributed by atoms with E-state index in [1.165, 1.54) is 5.56 Å². The molecule has 21 heavy (non-hydrogen) atoms. The second kappa shape index (κ2) is 8.01. The van der Waals surface area contributed by atoms with Crippen molar-refractivity contribution in [3.8, 4) is 5.75 Å². The molecule has 2 rings (SSSR count). The van der Waals surface area contributed by atoms with Crippen molar-refractivity contribution in [3.63, 3.8) is 0 Å². The predicted molar refractivity (Wildman–Crippen MR) is 89.6 cm³/mol. The Morgan fingerprint density at radius 3 is 2.76 bits per heavy atom. The van der Waals surface area contributed by atoms with Gasteiger partial charge in [0.05, 0.1) is 12.8 Å². The van der Waals surface area contributed by atoms with Crippen molar-refractivity contribution < 1.29 is 4.74 Å². The first-order chi connectivity index (χ1) is 10.2.